The molecule has 0 bridgehead atoms. The van der Waals surface area contributed by atoms with E-state index < -0.39 is 17.4 Å². The van der Waals surface area contributed by atoms with Crippen molar-refractivity contribution < 1.29 is 27.8 Å². The van der Waals surface area contributed by atoms with Crippen LogP contribution in [-0.2, 0) is 22.3 Å². The van der Waals surface area contributed by atoms with Crippen molar-refractivity contribution in [2.45, 2.75) is 32.8 Å². The van der Waals surface area contributed by atoms with Crippen LogP contribution in [0.4, 0.5) is 0 Å². The molecule has 6 aromatic rings. The van der Waals surface area contributed by atoms with Crippen LogP contribution in [0.25, 0.3) is 44.2 Å². The number of aryl methyl sites for hydroxylation is 2. The smallest absolute Gasteiger partial charge is 0.344 e. The molecule has 0 fully saturated rings. The average molecular weight is 645 g/mol. The Bertz CT molecular complexity index is 2030. The predicted molar refractivity (Wildman–Crippen MR) is 187 cm³/mol. The molecule has 244 valence electrons. The first-order valence-electron chi connectivity index (χ1n) is 15.9. The van der Waals surface area contributed by atoms with E-state index in [1.54, 1.807) is 12.1 Å². The molecule has 0 aliphatic carbocycles. The zero-order chi connectivity index (χ0) is 33.5. The van der Waals surface area contributed by atoms with Crippen molar-refractivity contribution in [2.75, 3.05) is 20.0 Å². The quantitative estimate of drug-likeness (QED) is 0.0506. The van der Waals surface area contributed by atoms with E-state index in [1.165, 1.54) is 6.26 Å². The molecule has 0 N–H and O–H groups in total. The maximum Gasteiger partial charge on any atom is 0.344 e. The second kappa shape index (κ2) is 14.9. The third kappa shape index (κ3) is 7.19. The van der Waals surface area contributed by atoms with E-state index in [-0.39, 0.29) is 20.0 Å². The Balaban J connectivity index is 1.16. The Morgan fingerprint density at radius 2 is 1.12 bits per heavy atom. The molecule has 6 rings (SSSR count). The third-order valence-electron chi connectivity index (χ3n) is 8.15. The van der Waals surface area contributed by atoms with Crippen LogP contribution < -0.4 is 20.7 Å². The van der Waals surface area contributed by atoms with Gasteiger partial charge in [0.1, 0.15) is 42.0 Å². The van der Waals surface area contributed by atoms with E-state index in [2.05, 4.69) is 20.4 Å². The molecule has 0 aliphatic rings. The fourth-order valence-electron chi connectivity index (χ4n) is 5.63. The first-order chi connectivity index (χ1) is 23.5. The van der Waals surface area contributed by atoms with Crippen LogP contribution in [-0.4, -0.2) is 26.1 Å². The minimum atomic E-state index is -0.545. The summed E-state index contributed by atoms with van der Waals surface area (Å²) in [5, 5.41) is 1.56. The van der Waals surface area contributed by atoms with Gasteiger partial charge in [-0.2, -0.15) is 0 Å². The van der Waals surface area contributed by atoms with Crippen LogP contribution in [0.1, 0.15) is 25.0 Å². The lowest BCUT2D eigenvalue weighted by Crippen LogP contribution is -2.29. The third-order valence-corrected chi connectivity index (χ3v) is 8.15. The summed E-state index contributed by atoms with van der Waals surface area (Å²) < 4.78 is 34.5. The SMILES string of the molecule is C=COCOC(COc1ccc2cc(-c3ccccc3CC)c(=O)oc2c1)COc1ccc2cc(-c3ccccc3CC)c(=O)oc2c1. The molecule has 0 unspecified atom stereocenters. The molecule has 4 aromatic carbocycles. The molecule has 8 heteroatoms. The summed E-state index contributed by atoms with van der Waals surface area (Å²) in [7, 11) is 0. The van der Waals surface area contributed by atoms with Crippen molar-refractivity contribution >= 4 is 21.9 Å². The molecular formula is C40H36O8. The summed E-state index contributed by atoms with van der Waals surface area (Å²) in [5.41, 5.74) is 4.95. The van der Waals surface area contributed by atoms with Crippen LogP contribution in [0.2, 0.25) is 0 Å². The number of benzene rings is 4. The predicted octanol–water partition coefficient (Wildman–Crippen LogP) is 8.32. The topological polar surface area (TPSA) is 97.3 Å². The highest BCUT2D eigenvalue weighted by Gasteiger charge is 2.16. The molecule has 48 heavy (non-hydrogen) atoms. The van der Waals surface area contributed by atoms with Gasteiger partial charge in [0.25, 0.3) is 0 Å². The van der Waals surface area contributed by atoms with Crippen molar-refractivity contribution in [3.8, 4) is 33.8 Å². The molecule has 0 saturated heterocycles. The van der Waals surface area contributed by atoms with Crippen molar-refractivity contribution in [1.82, 2.24) is 0 Å². The highest BCUT2D eigenvalue weighted by molar-refractivity contribution is 5.84. The van der Waals surface area contributed by atoms with E-state index in [9.17, 15) is 9.59 Å². The van der Waals surface area contributed by atoms with Gasteiger partial charge in [-0.25, -0.2) is 9.59 Å². The van der Waals surface area contributed by atoms with Gasteiger partial charge >= 0.3 is 11.3 Å². The Hall–Kier alpha value is -5.60. The monoisotopic (exact) mass is 644 g/mol. The van der Waals surface area contributed by atoms with Crippen LogP contribution in [0.5, 0.6) is 11.5 Å². The summed E-state index contributed by atoms with van der Waals surface area (Å²) in [6, 6.07) is 30.1. The number of fused-ring (bicyclic) bond motifs is 2. The molecule has 0 saturated carbocycles. The van der Waals surface area contributed by atoms with E-state index >= 15 is 0 Å². The lowest BCUT2D eigenvalue weighted by atomic mass is 9.98. The van der Waals surface area contributed by atoms with Gasteiger partial charge in [-0.3, -0.25) is 0 Å². The molecule has 0 spiro atoms. The van der Waals surface area contributed by atoms with Crippen molar-refractivity contribution in [1.29, 1.82) is 0 Å². The van der Waals surface area contributed by atoms with Gasteiger partial charge in [-0.1, -0.05) is 69.0 Å². The fraction of sp³-hybridized carbons (Fsp3) is 0.200. The zero-order valence-corrected chi connectivity index (χ0v) is 26.9. The highest BCUT2D eigenvalue weighted by atomic mass is 16.7. The van der Waals surface area contributed by atoms with Gasteiger partial charge in [0.2, 0.25) is 0 Å². The Kier molecular flexibility index (Phi) is 10.0. The van der Waals surface area contributed by atoms with Gasteiger partial charge in [0.15, 0.2) is 6.79 Å². The van der Waals surface area contributed by atoms with Gasteiger partial charge in [-0.15, -0.1) is 0 Å². The van der Waals surface area contributed by atoms with Crippen molar-refractivity contribution in [3.63, 3.8) is 0 Å². The Morgan fingerprint density at radius 1 is 0.646 bits per heavy atom. The minimum absolute atomic E-state index is 0.0515. The summed E-state index contributed by atoms with van der Waals surface area (Å²) in [4.78, 5) is 25.9. The first-order valence-corrected chi connectivity index (χ1v) is 15.9. The largest absolute Gasteiger partial charge is 0.491 e. The van der Waals surface area contributed by atoms with Crippen LogP contribution in [0, 0.1) is 0 Å². The molecule has 2 heterocycles. The van der Waals surface area contributed by atoms with Gasteiger partial charge in [0.05, 0.1) is 17.4 Å². The molecule has 8 nitrogen and oxygen atoms in total. The molecular weight excluding hydrogens is 608 g/mol. The van der Waals surface area contributed by atoms with Crippen LogP contribution in [0.3, 0.4) is 0 Å². The summed E-state index contributed by atoms with van der Waals surface area (Å²) >= 11 is 0. The average Bonchev–Trinajstić information content (AvgIpc) is 3.11. The lowest BCUT2D eigenvalue weighted by Gasteiger charge is -2.19. The van der Waals surface area contributed by atoms with Gasteiger partial charge in [0, 0.05) is 22.9 Å². The Morgan fingerprint density at radius 3 is 1.58 bits per heavy atom. The van der Waals surface area contributed by atoms with E-state index in [0.29, 0.717) is 33.8 Å². The van der Waals surface area contributed by atoms with Crippen LogP contribution >= 0.6 is 0 Å². The number of ether oxygens (including phenoxy) is 4. The normalized spacial score (nSPS) is 11.2. The van der Waals surface area contributed by atoms with Crippen molar-refractivity contribution in [2.24, 2.45) is 0 Å². The molecule has 0 atom stereocenters. The highest BCUT2D eigenvalue weighted by Crippen LogP contribution is 2.29. The Labute approximate surface area is 277 Å². The van der Waals surface area contributed by atoms with E-state index in [0.717, 1.165) is 45.9 Å². The zero-order valence-electron chi connectivity index (χ0n) is 26.9. The summed E-state index contributed by atoms with van der Waals surface area (Å²) in [5.74, 6) is 0.997. The number of hydrogen-bond donors (Lipinski definition) is 0. The van der Waals surface area contributed by atoms with Crippen molar-refractivity contribution in [3.05, 3.63) is 142 Å². The molecule has 0 aliphatic heterocycles. The maximum absolute atomic E-state index is 13.0. The molecule has 0 radical (unpaired) electrons. The van der Waals surface area contributed by atoms with Gasteiger partial charge in [-0.05, 0) is 71.5 Å². The van der Waals surface area contributed by atoms with E-state index in [4.69, 9.17) is 27.8 Å². The molecule has 2 aromatic heterocycles. The number of rotatable bonds is 14. The maximum atomic E-state index is 13.0. The fourth-order valence-corrected chi connectivity index (χ4v) is 5.63. The summed E-state index contributed by atoms with van der Waals surface area (Å²) in [6.07, 6.45) is 2.35. The molecule has 0 amide bonds. The van der Waals surface area contributed by atoms with Gasteiger partial charge < -0.3 is 27.8 Å². The summed E-state index contributed by atoms with van der Waals surface area (Å²) in [6.45, 7) is 7.84. The minimum Gasteiger partial charge on any atom is -0.491 e. The lowest BCUT2D eigenvalue weighted by molar-refractivity contribution is -0.0839. The second-order valence-corrected chi connectivity index (χ2v) is 11.2. The van der Waals surface area contributed by atoms with Crippen LogP contribution in [0.15, 0.2) is 128 Å². The first kappa shape index (κ1) is 32.3. The second-order valence-electron chi connectivity index (χ2n) is 11.2. The standard InChI is InChI=1S/C40H36O8/c1-4-26-11-7-9-13-33(26)35-19-28-15-17-30(21-37(28)47-39(35)41)44-23-32(46-25-43-6-3)24-45-31-18-16-29-20-36(40(42)48-38(29)22-31)34-14-10-8-12-27(34)5-2/h6-22,32H,3-5,23-25H2,1-2H3. The number of hydrogen-bond acceptors (Lipinski definition) is 8. The van der Waals surface area contributed by atoms with E-state index in [1.807, 2.05) is 84.9 Å².